The van der Waals surface area contributed by atoms with Gasteiger partial charge in [-0.3, -0.25) is 9.69 Å². The second-order valence-electron chi connectivity index (χ2n) is 8.52. The number of hydrogen-bond acceptors (Lipinski definition) is 6. The number of anilines is 1. The fourth-order valence-electron chi connectivity index (χ4n) is 4.86. The van der Waals surface area contributed by atoms with Crippen molar-refractivity contribution in [2.45, 2.75) is 38.1 Å². The summed E-state index contributed by atoms with van der Waals surface area (Å²) in [5.41, 5.74) is 10.0. The Bertz CT molecular complexity index is 1080. The van der Waals surface area contributed by atoms with Gasteiger partial charge in [-0.25, -0.2) is 9.97 Å². The molecule has 1 aliphatic carbocycles. The zero-order valence-electron chi connectivity index (χ0n) is 17.8. The molecule has 3 N–H and O–H groups in total. The van der Waals surface area contributed by atoms with Crippen molar-refractivity contribution in [3.05, 3.63) is 29.8 Å². The minimum atomic E-state index is -0.171. The normalized spacial score (nSPS) is 18.6. The zero-order chi connectivity index (χ0) is 21.2. The topological polar surface area (TPSA) is 98.3 Å². The summed E-state index contributed by atoms with van der Waals surface area (Å²) in [4.78, 5) is 25.2. The van der Waals surface area contributed by atoms with E-state index in [0.29, 0.717) is 23.4 Å². The number of amides is 1. The van der Waals surface area contributed by atoms with Crippen LogP contribution in [0, 0.1) is 0 Å². The van der Waals surface area contributed by atoms with Gasteiger partial charge in [-0.1, -0.05) is 31.4 Å². The van der Waals surface area contributed by atoms with Crippen molar-refractivity contribution in [1.29, 1.82) is 0 Å². The van der Waals surface area contributed by atoms with Crippen molar-refractivity contribution in [3.8, 4) is 0 Å². The zero-order valence-corrected chi connectivity index (χ0v) is 17.8. The summed E-state index contributed by atoms with van der Waals surface area (Å²) >= 11 is 0. The molecule has 2 aliphatic rings. The third-order valence-electron chi connectivity index (χ3n) is 6.52. The van der Waals surface area contributed by atoms with Crippen LogP contribution >= 0.6 is 0 Å². The summed E-state index contributed by atoms with van der Waals surface area (Å²) in [6.07, 6.45) is 5.71. The van der Waals surface area contributed by atoms with Crippen LogP contribution in [0.3, 0.4) is 0 Å². The van der Waals surface area contributed by atoms with E-state index >= 15 is 0 Å². The van der Waals surface area contributed by atoms with Crippen LogP contribution in [0.2, 0.25) is 0 Å². The van der Waals surface area contributed by atoms with Gasteiger partial charge in [0.25, 0.3) is 5.91 Å². The summed E-state index contributed by atoms with van der Waals surface area (Å²) in [7, 11) is 0. The minimum Gasteiger partial charge on any atom is -0.384 e. The molecule has 3 aromatic rings. The molecule has 2 fully saturated rings. The maximum absolute atomic E-state index is 13.2. The molecule has 0 atom stereocenters. The molecule has 0 unspecified atom stereocenters. The van der Waals surface area contributed by atoms with Crippen LogP contribution in [0.1, 0.15) is 48.5 Å². The van der Waals surface area contributed by atoms with Crippen molar-refractivity contribution in [1.82, 2.24) is 24.8 Å². The summed E-state index contributed by atoms with van der Waals surface area (Å²) in [5.74, 6) is 0.316. The summed E-state index contributed by atoms with van der Waals surface area (Å²) in [6, 6.07) is 8.04. The van der Waals surface area contributed by atoms with Crippen molar-refractivity contribution < 1.29 is 9.53 Å². The molecule has 5 rings (SSSR count). The largest absolute Gasteiger partial charge is 0.384 e. The first-order valence-electron chi connectivity index (χ1n) is 11.4. The van der Waals surface area contributed by atoms with E-state index in [4.69, 9.17) is 20.4 Å². The molecule has 1 saturated heterocycles. The number of ether oxygens (including phenoxy) is 1. The van der Waals surface area contributed by atoms with E-state index in [2.05, 4.69) is 14.8 Å². The van der Waals surface area contributed by atoms with Gasteiger partial charge in [-0.15, -0.1) is 0 Å². The summed E-state index contributed by atoms with van der Waals surface area (Å²) in [6.45, 7) is 4.66. The number of nitrogens with zero attached hydrogens (tertiary/aromatic N) is 4. The predicted molar refractivity (Wildman–Crippen MR) is 121 cm³/mol. The smallest absolute Gasteiger partial charge is 0.257 e. The van der Waals surface area contributed by atoms with Crippen LogP contribution in [0.25, 0.3) is 22.2 Å². The number of benzene rings is 1. The number of nitrogens with one attached hydrogen (secondary N) is 1. The average molecular weight is 423 g/mol. The number of nitrogen functional groups attached to an aromatic ring is 1. The number of morpholine rings is 1. The number of para-hydroxylation sites is 2. The van der Waals surface area contributed by atoms with E-state index in [1.54, 1.807) is 0 Å². The monoisotopic (exact) mass is 422 g/mol. The van der Waals surface area contributed by atoms with Crippen molar-refractivity contribution in [3.63, 3.8) is 0 Å². The number of hydrogen-bond donors (Lipinski definition) is 2. The molecule has 8 heteroatoms. The number of rotatable bonds is 5. The third-order valence-corrected chi connectivity index (χ3v) is 6.52. The molecular formula is C23H30N6O2. The molecule has 31 heavy (non-hydrogen) atoms. The fourth-order valence-corrected chi connectivity index (χ4v) is 4.86. The van der Waals surface area contributed by atoms with Crippen LogP contribution in [0.15, 0.2) is 24.3 Å². The standard InChI is InChI=1S/C23H30N6O2/c24-21-19(23(30)25-10-11-28-12-14-31-15-13-28)20-22(29(21)16-6-2-1-3-7-16)27-18-9-5-4-8-17(18)26-20/h4-5,8-9,16H,1-3,6-7,10-15,24H2,(H,25,30). The highest BCUT2D eigenvalue weighted by molar-refractivity contribution is 6.10. The van der Waals surface area contributed by atoms with Gasteiger partial charge in [0.15, 0.2) is 5.65 Å². The molecule has 8 nitrogen and oxygen atoms in total. The Kier molecular flexibility index (Phi) is 5.74. The van der Waals surface area contributed by atoms with Crippen LogP contribution in [-0.2, 0) is 4.74 Å². The van der Waals surface area contributed by atoms with E-state index in [1.807, 2.05) is 24.3 Å². The molecule has 2 aromatic heterocycles. The number of fused-ring (bicyclic) bond motifs is 2. The first-order chi connectivity index (χ1) is 15.2. The number of carbonyl (C=O) groups is 1. The van der Waals surface area contributed by atoms with E-state index < -0.39 is 0 Å². The number of carbonyl (C=O) groups excluding carboxylic acids is 1. The van der Waals surface area contributed by atoms with Gasteiger partial charge in [-0.05, 0) is 25.0 Å². The molecule has 0 spiro atoms. The average Bonchev–Trinajstić information content (AvgIpc) is 3.09. The summed E-state index contributed by atoms with van der Waals surface area (Å²) in [5, 5.41) is 3.06. The van der Waals surface area contributed by atoms with Crippen LogP contribution in [0.4, 0.5) is 5.82 Å². The molecule has 1 amide bonds. The van der Waals surface area contributed by atoms with Gasteiger partial charge >= 0.3 is 0 Å². The van der Waals surface area contributed by atoms with Gasteiger partial charge in [0.05, 0.1) is 24.2 Å². The second-order valence-corrected chi connectivity index (χ2v) is 8.52. The Labute approximate surface area is 181 Å². The lowest BCUT2D eigenvalue weighted by Crippen LogP contribution is -2.41. The van der Waals surface area contributed by atoms with Crippen molar-refractivity contribution >= 4 is 33.9 Å². The van der Waals surface area contributed by atoms with Gasteiger partial charge in [0, 0.05) is 32.2 Å². The lowest BCUT2D eigenvalue weighted by molar-refractivity contribution is 0.0383. The minimum absolute atomic E-state index is 0.171. The molecular weight excluding hydrogens is 392 g/mol. The van der Waals surface area contributed by atoms with Gasteiger partial charge < -0.3 is 20.4 Å². The highest BCUT2D eigenvalue weighted by atomic mass is 16.5. The molecule has 3 heterocycles. The van der Waals surface area contributed by atoms with Gasteiger partial charge in [0.1, 0.15) is 16.9 Å². The van der Waals surface area contributed by atoms with E-state index in [-0.39, 0.29) is 11.9 Å². The summed E-state index contributed by atoms with van der Waals surface area (Å²) < 4.78 is 7.47. The Morgan fingerprint density at radius 1 is 1.10 bits per heavy atom. The van der Waals surface area contributed by atoms with E-state index in [0.717, 1.165) is 62.4 Å². The van der Waals surface area contributed by atoms with Gasteiger partial charge in [0.2, 0.25) is 0 Å². The number of aromatic nitrogens is 3. The molecule has 1 saturated carbocycles. The Balaban J connectivity index is 1.49. The van der Waals surface area contributed by atoms with E-state index in [1.165, 1.54) is 19.3 Å². The highest BCUT2D eigenvalue weighted by Gasteiger charge is 2.28. The second kappa shape index (κ2) is 8.80. The first-order valence-corrected chi connectivity index (χ1v) is 11.4. The van der Waals surface area contributed by atoms with Crippen molar-refractivity contribution in [2.24, 2.45) is 0 Å². The van der Waals surface area contributed by atoms with Crippen LogP contribution < -0.4 is 11.1 Å². The van der Waals surface area contributed by atoms with Gasteiger partial charge in [-0.2, -0.15) is 0 Å². The van der Waals surface area contributed by atoms with Crippen molar-refractivity contribution in [2.75, 3.05) is 45.1 Å². The van der Waals surface area contributed by atoms with Crippen LogP contribution in [-0.4, -0.2) is 64.7 Å². The maximum atomic E-state index is 13.2. The van der Waals surface area contributed by atoms with E-state index in [9.17, 15) is 4.79 Å². The quantitative estimate of drug-likeness (QED) is 0.656. The lowest BCUT2D eigenvalue weighted by Gasteiger charge is -2.26. The third kappa shape index (κ3) is 3.97. The molecule has 1 aliphatic heterocycles. The fraction of sp³-hybridized carbons (Fsp3) is 0.522. The SMILES string of the molecule is Nc1c(C(=O)NCCN2CCOCC2)c2nc3ccccc3nc2n1C1CCCCC1. The van der Waals surface area contributed by atoms with Crippen LogP contribution in [0.5, 0.6) is 0 Å². The molecule has 1 aromatic carbocycles. The number of nitrogens with two attached hydrogens (primary N) is 1. The molecule has 0 radical (unpaired) electrons. The first kappa shape index (κ1) is 20.2. The highest BCUT2D eigenvalue weighted by Crippen LogP contribution is 2.36. The Morgan fingerprint density at radius 2 is 1.81 bits per heavy atom. The molecule has 164 valence electrons. The predicted octanol–water partition coefficient (Wildman–Crippen LogP) is 2.73. The maximum Gasteiger partial charge on any atom is 0.257 e. The lowest BCUT2D eigenvalue weighted by atomic mass is 9.95. The Hall–Kier alpha value is -2.71. The Morgan fingerprint density at radius 3 is 2.55 bits per heavy atom. The molecule has 0 bridgehead atoms.